The Hall–Kier alpha value is -1.08. The number of rotatable bonds is 3. The summed E-state index contributed by atoms with van der Waals surface area (Å²) in [5.74, 6) is 0. The van der Waals surface area contributed by atoms with Gasteiger partial charge >= 0.3 is 0 Å². The van der Waals surface area contributed by atoms with Crippen molar-refractivity contribution in [3.05, 3.63) is 48.6 Å². The second-order valence-corrected chi connectivity index (χ2v) is 4.27. The molecule has 0 aliphatic carbocycles. The Morgan fingerprint density at radius 2 is 2.13 bits per heavy atom. The molecule has 1 aromatic rings. The standard InChI is InChI=1S/C14H19N/c1-3-14-10-7-11-15(14)12(2)13-8-5-4-6-9-13/h3-6,8-9,12,14H,1,7,10-11H2,2H3/t12-,14?/m1/s1. The fraction of sp³-hybridized carbons (Fsp3) is 0.429. The second kappa shape index (κ2) is 4.63. The molecule has 80 valence electrons. The number of benzene rings is 1. The maximum atomic E-state index is 3.93. The van der Waals surface area contributed by atoms with Crippen molar-refractivity contribution in [3.8, 4) is 0 Å². The van der Waals surface area contributed by atoms with Gasteiger partial charge in [-0.2, -0.15) is 0 Å². The molecular formula is C14H19N. The van der Waals surface area contributed by atoms with Crippen LogP contribution in [0.15, 0.2) is 43.0 Å². The van der Waals surface area contributed by atoms with Gasteiger partial charge < -0.3 is 0 Å². The number of hydrogen-bond acceptors (Lipinski definition) is 1. The molecule has 0 spiro atoms. The van der Waals surface area contributed by atoms with Gasteiger partial charge in [0.05, 0.1) is 0 Å². The molecule has 2 atom stereocenters. The quantitative estimate of drug-likeness (QED) is 0.677. The minimum absolute atomic E-state index is 0.511. The molecule has 1 saturated heterocycles. The van der Waals surface area contributed by atoms with Crippen LogP contribution >= 0.6 is 0 Å². The lowest BCUT2D eigenvalue weighted by molar-refractivity contribution is 0.222. The predicted molar refractivity (Wildman–Crippen MR) is 64.8 cm³/mol. The van der Waals surface area contributed by atoms with Gasteiger partial charge in [0, 0.05) is 12.1 Å². The van der Waals surface area contributed by atoms with E-state index in [0.29, 0.717) is 12.1 Å². The monoisotopic (exact) mass is 201 g/mol. The first kappa shape index (κ1) is 10.4. The summed E-state index contributed by atoms with van der Waals surface area (Å²) in [5, 5.41) is 0. The molecule has 0 saturated carbocycles. The molecule has 2 rings (SSSR count). The Labute approximate surface area is 92.4 Å². The molecule has 0 radical (unpaired) electrons. The van der Waals surface area contributed by atoms with E-state index in [0.717, 1.165) is 0 Å². The van der Waals surface area contributed by atoms with Crippen molar-refractivity contribution in [1.29, 1.82) is 0 Å². The lowest BCUT2D eigenvalue weighted by Crippen LogP contribution is -2.30. The van der Waals surface area contributed by atoms with Crippen LogP contribution < -0.4 is 0 Å². The number of hydrogen-bond donors (Lipinski definition) is 0. The molecule has 1 aliphatic rings. The van der Waals surface area contributed by atoms with Gasteiger partial charge in [0.1, 0.15) is 0 Å². The Balaban J connectivity index is 2.14. The highest BCUT2D eigenvalue weighted by Crippen LogP contribution is 2.29. The summed E-state index contributed by atoms with van der Waals surface area (Å²) < 4.78 is 0. The van der Waals surface area contributed by atoms with Crippen LogP contribution in [0.4, 0.5) is 0 Å². The van der Waals surface area contributed by atoms with Crippen molar-refractivity contribution in [2.75, 3.05) is 6.54 Å². The van der Waals surface area contributed by atoms with Gasteiger partial charge in [0.15, 0.2) is 0 Å². The topological polar surface area (TPSA) is 3.24 Å². The van der Waals surface area contributed by atoms with E-state index in [2.05, 4.69) is 54.8 Å². The Bertz CT molecular complexity index is 317. The zero-order valence-corrected chi connectivity index (χ0v) is 9.39. The van der Waals surface area contributed by atoms with Crippen LogP contribution in [-0.4, -0.2) is 17.5 Å². The first-order valence-electron chi connectivity index (χ1n) is 5.76. The summed E-state index contributed by atoms with van der Waals surface area (Å²) in [7, 11) is 0. The smallest absolute Gasteiger partial charge is 0.0325 e. The van der Waals surface area contributed by atoms with Crippen LogP contribution in [0.1, 0.15) is 31.4 Å². The highest BCUT2D eigenvalue weighted by atomic mass is 15.2. The van der Waals surface area contributed by atoms with Gasteiger partial charge in [-0.25, -0.2) is 0 Å². The summed E-state index contributed by atoms with van der Waals surface area (Å²) in [6, 6.07) is 11.8. The van der Waals surface area contributed by atoms with Gasteiger partial charge in [-0.1, -0.05) is 36.4 Å². The van der Waals surface area contributed by atoms with Gasteiger partial charge in [-0.3, -0.25) is 4.90 Å². The first-order chi connectivity index (χ1) is 7.33. The zero-order chi connectivity index (χ0) is 10.7. The van der Waals surface area contributed by atoms with E-state index >= 15 is 0 Å². The largest absolute Gasteiger partial charge is 0.290 e. The van der Waals surface area contributed by atoms with Crippen molar-refractivity contribution >= 4 is 0 Å². The summed E-state index contributed by atoms with van der Waals surface area (Å²) in [6.45, 7) is 7.42. The van der Waals surface area contributed by atoms with Gasteiger partial charge in [0.25, 0.3) is 0 Å². The average Bonchev–Trinajstić information content (AvgIpc) is 2.77. The highest BCUT2D eigenvalue weighted by molar-refractivity contribution is 5.19. The van der Waals surface area contributed by atoms with Crippen LogP contribution in [0.3, 0.4) is 0 Å². The maximum absolute atomic E-state index is 3.93. The van der Waals surface area contributed by atoms with E-state index in [-0.39, 0.29) is 0 Å². The Kier molecular flexibility index (Phi) is 3.22. The van der Waals surface area contributed by atoms with Crippen molar-refractivity contribution in [2.45, 2.75) is 31.8 Å². The normalized spacial score (nSPS) is 23.9. The average molecular weight is 201 g/mol. The summed E-state index contributed by atoms with van der Waals surface area (Å²) in [6.07, 6.45) is 4.65. The molecule has 1 unspecified atom stereocenters. The van der Waals surface area contributed by atoms with Crippen LogP contribution in [0, 0.1) is 0 Å². The summed E-state index contributed by atoms with van der Waals surface area (Å²) >= 11 is 0. The van der Waals surface area contributed by atoms with Gasteiger partial charge in [-0.15, -0.1) is 6.58 Å². The molecule has 1 heteroatoms. The van der Waals surface area contributed by atoms with Crippen molar-refractivity contribution < 1.29 is 0 Å². The summed E-state index contributed by atoms with van der Waals surface area (Å²) in [4.78, 5) is 2.54. The highest BCUT2D eigenvalue weighted by Gasteiger charge is 2.26. The Morgan fingerprint density at radius 1 is 1.40 bits per heavy atom. The minimum atomic E-state index is 0.511. The fourth-order valence-electron chi connectivity index (χ4n) is 2.47. The van der Waals surface area contributed by atoms with Crippen LogP contribution in [0.2, 0.25) is 0 Å². The van der Waals surface area contributed by atoms with E-state index in [9.17, 15) is 0 Å². The van der Waals surface area contributed by atoms with Crippen molar-refractivity contribution in [1.82, 2.24) is 4.90 Å². The molecule has 1 nitrogen and oxygen atoms in total. The third-order valence-electron chi connectivity index (χ3n) is 3.39. The molecule has 0 aromatic heterocycles. The minimum Gasteiger partial charge on any atom is -0.290 e. The van der Waals surface area contributed by atoms with E-state index in [1.165, 1.54) is 24.9 Å². The molecule has 1 aromatic carbocycles. The molecule has 0 amide bonds. The molecular weight excluding hydrogens is 182 g/mol. The van der Waals surface area contributed by atoms with E-state index < -0.39 is 0 Å². The molecule has 15 heavy (non-hydrogen) atoms. The van der Waals surface area contributed by atoms with Gasteiger partial charge in [-0.05, 0) is 31.9 Å². The second-order valence-electron chi connectivity index (χ2n) is 4.27. The lowest BCUT2D eigenvalue weighted by atomic mass is 10.1. The van der Waals surface area contributed by atoms with Crippen LogP contribution in [0.25, 0.3) is 0 Å². The number of likely N-dealkylation sites (tertiary alicyclic amines) is 1. The third kappa shape index (κ3) is 2.13. The molecule has 1 fully saturated rings. The maximum Gasteiger partial charge on any atom is 0.0325 e. The van der Waals surface area contributed by atoms with E-state index in [1.807, 2.05) is 0 Å². The fourth-order valence-corrected chi connectivity index (χ4v) is 2.47. The SMILES string of the molecule is C=CC1CCCN1[C@H](C)c1ccccc1. The molecule has 1 heterocycles. The first-order valence-corrected chi connectivity index (χ1v) is 5.76. The third-order valence-corrected chi connectivity index (χ3v) is 3.39. The van der Waals surface area contributed by atoms with Crippen molar-refractivity contribution in [3.63, 3.8) is 0 Å². The summed E-state index contributed by atoms with van der Waals surface area (Å²) in [5.41, 5.74) is 1.41. The lowest BCUT2D eigenvalue weighted by Gasteiger charge is -2.29. The van der Waals surface area contributed by atoms with Crippen LogP contribution in [-0.2, 0) is 0 Å². The van der Waals surface area contributed by atoms with Crippen molar-refractivity contribution in [2.24, 2.45) is 0 Å². The number of nitrogens with zero attached hydrogens (tertiary/aromatic N) is 1. The molecule has 0 N–H and O–H groups in total. The van der Waals surface area contributed by atoms with E-state index in [4.69, 9.17) is 0 Å². The predicted octanol–water partition coefficient (Wildman–Crippen LogP) is 3.40. The van der Waals surface area contributed by atoms with E-state index in [1.54, 1.807) is 0 Å². The van der Waals surface area contributed by atoms with Crippen LogP contribution in [0.5, 0.6) is 0 Å². The molecule has 0 bridgehead atoms. The Morgan fingerprint density at radius 3 is 2.80 bits per heavy atom. The zero-order valence-electron chi connectivity index (χ0n) is 9.39. The van der Waals surface area contributed by atoms with Gasteiger partial charge in [0.2, 0.25) is 0 Å². The molecule has 1 aliphatic heterocycles.